The number of anilines is 2. The van der Waals surface area contributed by atoms with Gasteiger partial charge in [0.25, 0.3) is 0 Å². The Bertz CT molecular complexity index is 830. The standard InChI is InChI=1S/C21H29N5O2S/c1-15(27)24-18-13-16(6-7-19(18)28-3)14-23-21(22-2)25-17-8-10-26(11-9-17)20-5-4-12-29-20/h4-7,12-13,17H,8-11,14H2,1-3H3,(H,24,27)(H2,22,23,25). The van der Waals surface area contributed by atoms with Gasteiger partial charge in [-0.25, -0.2) is 0 Å². The third kappa shape index (κ3) is 5.87. The van der Waals surface area contributed by atoms with E-state index in [1.54, 1.807) is 25.5 Å². The van der Waals surface area contributed by atoms with Gasteiger partial charge in [-0.05, 0) is 48.1 Å². The van der Waals surface area contributed by atoms with Crippen LogP contribution in [0.3, 0.4) is 0 Å². The minimum absolute atomic E-state index is 0.125. The molecule has 1 aromatic carbocycles. The summed E-state index contributed by atoms with van der Waals surface area (Å²) in [7, 11) is 3.38. The lowest BCUT2D eigenvalue weighted by atomic mass is 10.1. The molecule has 29 heavy (non-hydrogen) atoms. The average molecular weight is 416 g/mol. The zero-order chi connectivity index (χ0) is 20.6. The molecule has 0 aliphatic carbocycles. The number of piperidine rings is 1. The number of ether oxygens (including phenoxy) is 1. The Morgan fingerprint density at radius 1 is 1.31 bits per heavy atom. The van der Waals surface area contributed by atoms with E-state index in [0.717, 1.165) is 37.5 Å². The van der Waals surface area contributed by atoms with E-state index in [0.29, 0.717) is 24.0 Å². The van der Waals surface area contributed by atoms with Gasteiger partial charge in [-0.1, -0.05) is 6.07 Å². The van der Waals surface area contributed by atoms with Crippen LogP contribution in [-0.2, 0) is 11.3 Å². The molecule has 1 aromatic heterocycles. The minimum atomic E-state index is -0.125. The number of aliphatic imine (C=N–C) groups is 1. The molecule has 1 saturated heterocycles. The summed E-state index contributed by atoms with van der Waals surface area (Å²) in [6, 6.07) is 10.4. The van der Waals surface area contributed by atoms with Gasteiger partial charge < -0.3 is 25.6 Å². The van der Waals surface area contributed by atoms with Crippen molar-refractivity contribution in [3.8, 4) is 5.75 Å². The lowest BCUT2D eigenvalue weighted by Crippen LogP contribution is -2.48. The van der Waals surface area contributed by atoms with Crippen molar-refractivity contribution in [3.05, 3.63) is 41.3 Å². The maximum absolute atomic E-state index is 11.4. The van der Waals surface area contributed by atoms with Crippen LogP contribution in [0.2, 0.25) is 0 Å². The topological polar surface area (TPSA) is 78.0 Å². The molecule has 0 unspecified atom stereocenters. The van der Waals surface area contributed by atoms with Crippen molar-refractivity contribution in [1.29, 1.82) is 0 Å². The third-order valence-corrected chi connectivity index (χ3v) is 5.84. The first-order valence-electron chi connectivity index (χ1n) is 9.79. The van der Waals surface area contributed by atoms with Gasteiger partial charge in [0, 0.05) is 39.6 Å². The molecule has 0 saturated carbocycles. The van der Waals surface area contributed by atoms with Gasteiger partial charge in [-0.15, -0.1) is 11.3 Å². The Kier molecular flexibility index (Phi) is 7.35. The number of hydrogen-bond donors (Lipinski definition) is 3. The van der Waals surface area contributed by atoms with E-state index in [4.69, 9.17) is 4.74 Å². The Hall–Kier alpha value is -2.74. The van der Waals surface area contributed by atoms with E-state index in [2.05, 4.69) is 43.4 Å². The van der Waals surface area contributed by atoms with Crippen LogP contribution in [0.15, 0.2) is 40.7 Å². The Morgan fingerprint density at radius 3 is 2.72 bits per heavy atom. The van der Waals surface area contributed by atoms with Crippen LogP contribution in [0.5, 0.6) is 5.75 Å². The van der Waals surface area contributed by atoms with Crippen molar-refractivity contribution in [3.63, 3.8) is 0 Å². The molecule has 0 atom stereocenters. The molecule has 2 heterocycles. The monoisotopic (exact) mass is 415 g/mol. The number of carbonyl (C=O) groups excluding carboxylic acids is 1. The van der Waals surface area contributed by atoms with Crippen molar-refractivity contribution in [2.75, 3.05) is 37.5 Å². The van der Waals surface area contributed by atoms with Crippen LogP contribution in [0.1, 0.15) is 25.3 Å². The van der Waals surface area contributed by atoms with Gasteiger partial charge in [-0.3, -0.25) is 9.79 Å². The highest BCUT2D eigenvalue weighted by Gasteiger charge is 2.20. The van der Waals surface area contributed by atoms with Crippen molar-refractivity contribution in [1.82, 2.24) is 10.6 Å². The van der Waals surface area contributed by atoms with Gasteiger partial charge in [0.1, 0.15) is 5.75 Å². The van der Waals surface area contributed by atoms with Gasteiger partial charge in [0.15, 0.2) is 5.96 Å². The molecule has 1 amide bonds. The molecule has 156 valence electrons. The van der Waals surface area contributed by atoms with Crippen molar-refractivity contribution in [2.45, 2.75) is 32.4 Å². The summed E-state index contributed by atoms with van der Waals surface area (Å²) >= 11 is 1.80. The lowest BCUT2D eigenvalue weighted by Gasteiger charge is -2.33. The fourth-order valence-electron chi connectivity index (χ4n) is 3.42. The molecule has 3 rings (SSSR count). The van der Waals surface area contributed by atoms with Gasteiger partial charge in [0.05, 0.1) is 17.8 Å². The van der Waals surface area contributed by atoms with Crippen LogP contribution < -0.4 is 25.6 Å². The first-order valence-corrected chi connectivity index (χ1v) is 10.7. The highest BCUT2D eigenvalue weighted by Crippen LogP contribution is 2.26. The SMILES string of the molecule is CN=C(NCc1ccc(OC)c(NC(C)=O)c1)NC1CCN(c2cccs2)CC1. The first kappa shape index (κ1) is 21.0. The highest BCUT2D eigenvalue weighted by molar-refractivity contribution is 7.14. The normalized spacial score (nSPS) is 15.1. The minimum Gasteiger partial charge on any atom is -0.495 e. The summed E-state index contributed by atoms with van der Waals surface area (Å²) in [4.78, 5) is 18.2. The number of amides is 1. The second-order valence-electron chi connectivity index (χ2n) is 7.00. The number of nitrogens with one attached hydrogen (secondary N) is 3. The summed E-state index contributed by atoms with van der Waals surface area (Å²) in [6.07, 6.45) is 2.15. The van der Waals surface area contributed by atoms with Crippen molar-refractivity contribution < 1.29 is 9.53 Å². The zero-order valence-corrected chi connectivity index (χ0v) is 18.0. The number of benzene rings is 1. The number of guanidine groups is 1. The van der Waals surface area contributed by atoms with Gasteiger partial charge >= 0.3 is 0 Å². The fourth-order valence-corrected chi connectivity index (χ4v) is 4.21. The molecule has 7 nitrogen and oxygen atoms in total. The van der Waals surface area contributed by atoms with Gasteiger partial charge in [-0.2, -0.15) is 0 Å². The Balaban J connectivity index is 1.51. The van der Waals surface area contributed by atoms with Crippen molar-refractivity contribution in [2.24, 2.45) is 4.99 Å². The fraction of sp³-hybridized carbons (Fsp3) is 0.429. The number of methoxy groups -OCH3 is 1. The van der Waals surface area contributed by atoms with E-state index in [9.17, 15) is 4.79 Å². The predicted octanol–water partition coefficient (Wildman–Crippen LogP) is 3.05. The molecule has 2 aromatic rings. The number of rotatable bonds is 6. The van der Waals surface area contributed by atoms with Gasteiger partial charge in [0.2, 0.25) is 5.91 Å². The molecule has 0 spiro atoms. The molecular formula is C21H29N5O2S. The Labute approximate surface area is 176 Å². The van der Waals surface area contributed by atoms with E-state index < -0.39 is 0 Å². The van der Waals surface area contributed by atoms with Crippen LogP contribution in [0.4, 0.5) is 10.7 Å². The molecule has 3 N–H and O–H groups in total. The molecule has 1 fully saturated rings. The van der Waals surface area contributed by atoms with Crippen molar-refractivity contribution >= 4 is 33.9 Å². The van der Waals surface area contributed by atoms with E-state index in [1.165, 1.54) is 11.9 Å². The number of thiophene rings is 1. The summed E-state index contributed by atoms with van der Waals surface area (Å²) in [6.45, 7) is 4.19. The van der Waals surface area contributed by atoms with Crippen LogP contribution in [0.25, 0.3) is 0 Å². The lowest BCUT2D eigenvalue weighted by molar-refractivity contribution is -0.114. The molecule has 0 radical (unpaired) electrons. The molecule has 8 heteroatoms. The summed E-state index contributed by atoms with van der Waals surface area (Å²) in [5, 5.41) is 13.2. The Morgan fingerprint density at radius 2 is 2.10 bits per heavy atom. The molecular weight excluding hydrogens is 386 g/mol. The summed E-state index contributed by atoms with van der Waals surface area (Å²) < 4.78 is 5.31. The smallest absolute Gasteiger partial charge is 0.221 e. The van der Waals surface area contributed by atoms with E-state index in [1.807, 2.05) is 18.2 Å². The predicted molar refractivity (Wildman–Crippen MR) is 120 cm³/mol. The average Bonchev–Trinajstić information content (AvgIpc) is 3.26. The van der Waals surface area contributed by atoms with E-state index in [-0.39, 0.29) is 5.91 Å². The molecule has 1 aliphatic heterocycles. The second kappa shape index (κ2) is 10.2. The maximum atomic E-state index is 11.4. The summed E-state index contributed by atoms with van der Waals surface area (Å²) in [5.74, 6) is 1.31. The molecule has 1 aliphatic rings. The van der Waals surface area contributed by atoms with Crippen LogP contribution in [0, 0.1) is 0 Å². The first-order chi connectivity index (χ1) is 14.1. The largest absolute Gasteiger partial charge is 0.495 e. The highest BCUT2D eigenvalue weighted by atomic mass is 32.1. The quantitative estimate of drug-likeness (QED) is 0.499. The van der Waals surface area contributed by atoms with Crippen LogP contribution >= 0.6 is 11.3 Å². The number of carbonyl (C=O) groups is 1. The maximum Gasteiger partial charge on any atom is 0.221 e. The number of hydrogen-bond acceptors (Lipinski definition) is 5. The van der Waals surface area contributed by atoms with E-state index >= 15 is 0 Å². The summed E-state index contributed by atoms with van der Waals surface area (Å²) in [5.41, 5.74) is 1.70. The molecule has 0 bridgehead atoms. The zero-order valence-electron chi connectivity index (χ0n) is 17.2. The van der Waals surface area contributed by atoms with Crippen LogP contribution in [-0.4, -0.2) is 45.2 Å². The third-order valence-electron chi connectivity index (χ3n) is 4.91. The second-order valence-corrected chi connectivity index (χ2v) is 7.92. The number of nitrogens with zero attached hydrogens (tertiary/aromatic N) is 2.